The maximum Gasteiger partial charge on any atom is 0.314 e. The molecule has 0 amide bonds. The maximum atomic E-state index is 11.3. The third kappa shape index (κ3) is 2.55. The predicted molar refractivity (Wildman–Crippen MR) is 70.6 cm³/mol. The zero-order valence-corrected chi connectivity index (χ0v) is 12.4. The summed E-state index contributed by atoms with van der Waals surface area (Å²) in [5.74, 6) is -2.86. The van der Waals surface area contributed by atoms with Crippen LogP contribution in [0.4, 0.5) is 0 Å². The molecule has 110 valence electrons. The minimum Gasteiger partial charge on any atom is -0.481 e. The van der Waals surface area contributed by atoms with Crippen LogP contribution in [-0.4, -0.2) is 25.3 Å². The van der Waals surface area contributed by atoms with Crippen molar-refractivity contribution in [2.24, 2.45) is 5.92 Å². The van der Waals surface area contributed by atoms with Crippen LogP contribution in [0.15, 0.2) is 23.1 Å². The molecular formula is C12H13ClO6S. The van der Waals surface area contributed by atoms with Crippen molar-refractivity contribution in [3.63, 3.8) is 0 Å². The van der Waals surface area contributed by atoms with Crippen LogP contribution in [0.2, 0.25) is 0 Å². The molecule has 1 aromatic rings. The van der Waals surface area contributed by atoms with Crippen LogP contribution in [0.3, 0.4) is 0 Å². The number of carboxylic acid groups (broad SMARTS) is 1. The Labute approximate surface area is 120 Å². The smallest absolute Gasteiger partial charge is 0.314 e. The molecule has 2 rings (SSSR count). The van der Waals surface area contributed by atoms with Crippen molar-refractivity contribution in [3.05, 3.63) is 18.2 Å². The van der Waals surface area contributed by atoms with Gasteiger partial charge in [0.25, 0.3) is 14.8 Å². The fourth-order valence-electron chi connectivity index (χ4n) is 2.17. The molecule has 0 radical (unpaired) electrons. The first kappa shape index (κ1) is 14.9. The molecule has 0 bridgehead atoms. The molecule has 1 N–H and O–H groups in total. The molecule has 1 heterocycles. The van der Waals surface area contributed by atoms with E-state index in [1.54, 1.807) is 6.92 Å². The highest BCUT2D eigenvalue weighted by atomic mass is 35.7. The molecule has 20 heavy (non-hydrogen) atoms. The second-order valence-corrected chi connectivity index (χ2v) is 7.13. The van der Waals surface area contributed by atoms with Gasteiger partial charge >= 0.3 is 5.97 Å². The third-order valence-corrected chi connectivity index (χ3v) is 4.51. The van der Waals surface area contributed by atoms with E-state index in [0.717, 1.165) is 0 Å². The van der Waals surface area contributed by atoms with E-state index in [4.69, 9.17) is 20.2 Å². The first-order valence-corrected chi connectivity index (χ1v) is 8.18. The Morgan fingerprint density at radius 2 is 2.00 bits per heavy atom. The van der Waals surface area contributed by atoms with Crippen molar-refractivity contribution >= 4 is 25.7 Å². The number of carbonyl (C=O) groups is 1. The van der Waals surface area contributed by atoms with Gasteiger partial charge in [0.15, 0.2) is 11.5 Å². The SMILES string of the molecule is CCC(C(=O)O)C1(C)Oc2ccc(S(=O)(=O)Cl)cc2O1. The monoisotopic (exact) mass is 320 g/mol. The Morgan fingerprint density at radius 3 is 2.50 bits per heavy atom. The maximum absolute atomic E-state index is 11.3. The first-order chi connectivity index (χ1) is 9.17. The standard InChI is InChI=1S/C12H13ClO6S/c1-3-8(11(14)15)12(2)18-9-5-4-7(20(13,16)17)6-10(9)19-12/h4-6,8H,3H2,1-2H3,(H,14,15). The predicted octanol–water partition coefficient (Wildman–Crippen LogP) is 2.21. The van der Waals surface area contributed by atoms with Crippen molar-refractivity contribution in [1.82, 2.24) is 0 Å². The van der Waals surface area contributed by atoms with E-state index < -0.39 is 26.7 Å². The van der Waals surface area contributed by atoms with Gasteiger partial charge in [0.1, 0.15) is 5.92 Å². The van der Waals surface area contributed by atoms with Gasteiger partial charge in [-0.3, -0.25) is 4.79 Å². The summed E-state index contributed by atoms with van der Waals surface area (Å²) in [6.07, 6.45) is 0.306. The fraction of sp³-hybridized carbons (Fsp3) is 0.417. The molecular weight excluding hydrogens is 308 g/mol. The average molecular weight is 321 g/mol. The van der Waals surface area contributed by atoms with Crippen molar-refractivity contribution in [2.75, 3.05) is 0 Å². The zero-order chi connectivity index (χ0) is 15.1. The Balaban J connectivity index is 2.38. The quantitative estimate of drug-likeness (QED) is 0.855. The second kappa shape index (κ2) is 4.82. The van der Waals surface area contributed by atoms with Gasteiger partial charge < -0.3 is 14.6 Å². The molecule has 0 aliphatic carbocycles. The van der Waals surface area contributed by atoms with E-state index >= 15 is 0 Å². The van der Waals surface area contributed by atoms with E-state index in [9.17, 15) is 18.3 Å². The van der Waals surface area contributed by atoms with E-state index in [0.29, 0.717) is 6.42 Å². The van der Waals surface area contributed by atoms with Crippen molar-refractivity contribution in [3.8, 4) is 11.5 Å². The Morgan fingerprint density at radius 1 is 1.40 bits per heavy atom. The molecule has 2 unspecified atom stereocenters. The summed E-state index contributed by atoms with van der Waals surface area (Å²) in [4.78, 5) is 11.1. The first-order valence-electron chi connectivity index (χ1n) is 5.87. The highest BCUT2D eigenvalue weighted by Gasteiger charge is 2.47. The molecule has 0 saturated carbocycles. The van der Waals surface area contributed by atoms with Crippen LogP contribution in [-0.2, 0) is 13.8 Å². The molecule has 1 aliphatic heterocycles. The van der Waals surface area contributed by atoms with E-state index in [1.165, 1.54) is 25.1 Å². The van der Waals surface area contributed by atoms with Crippen LogP contribution in [0, 0.1) is 5.92 Å². The summed E-state index contributed by atoms with van der Waals surface area (Å²) in [6, 6.07) is 3.89. The summed E-state index contributed by atoms with van der Waals surface area (Å²) in [6.45, 7) is 3.21. The van der Waals surface area contributed by atoms with Gasteiger partial charge in [0, 0.05) is 23.7 Å². The van der Waals surface area contributed by atoms with Crippen LogP contribution in [0.5, 0.6) is 11.5 Å². The molecule has 0 aromatic heterocycles. The van der Waals surface area contributed by atoms with Crippen LogP contribution in [0.25, 0.3) is 0 Å². The normalized spacial score (nSPS) is 22.6. The van der Waals surface area contributed by atoms with Gasteiger partial charge in [0.05, 0.1) is 4.90 Å². The van der Waals surface area contributed by atoms with Crippen molar-refractivity contribution in [2.45, 2.75) is 31.0 Å². The summed E-state index contributed by atoms with van der Waals surface area (Å²) in [7, 11) is 1.37. The Bertz CT molecular complexity index is 656. The Kier molecular flexibility index (Phi) is 3.60. The number of rotatable bonds is 4. The third-order valence-electron chi connectivity index (χ3n) is 3.16. The van der Waals surface area contributed by atoms with E-state index in [1.807, 2.05) is 0 Å². The van der Waals surface area contributed by atoms with Crippen molar-refractivity contribution < 1.29 is 27.8 Å². The van der Waals surface area contributed by atoms with Gasteiger partial charge in [0.2, 0.25) is 0 Å². The minimum absolute atomic E-state index is 0.130. The number of halogens is 1. The number of carboxylic acids is 1. The highest BCUT2D eigenvalue weighted by molar-refractivity contribution is 8.13. The van der Waals surface area contributed by atoms with Gasteiger partial charge in [-0.05, 0) is 18.6 Å². The fourth-order valence-corrected chi connectivity index (χ4v) is 2.94. The Hall–Kier alpha value is -1.47. The summed E-state index contributed by atoms with van der Waals surface area (Å²) < 4.78 is 33.6. The van der Waals surface area contributed by atoms with Gasteiger partial charge in [-0.25, -0.2) is 8.42 Å². The molecule has 8 heteroatoms. The number of fused-ring (bicyclic) bond motifs is 1. The second-order valence-electron chi connectivity index (χ2n) is 4.57. The van der Waals surface area contributed by atoms with Crippen LogP contribution < -0.4 is 9.47 Å². The summed E-state index contributed by atoms with van der Waals surface area (Å²) in [5, 5.41) is 9.18. The number of hydrogen-bond donors (Lipinski definition) is 1. The van der Waals surface area contributed by atoms with Crippen LogP contribution in [0.1, 0.15) is 20.3 Å². The summed E-state index contributed by atoms with van der Waals surface area (Å²) in [5.41, 5.74) is 0. The number of hydrogen-bond acceptors (Lipinski definition) is 5. The molecule has 1 aromatic carbocycles. The lowest BCUT2D eigenvalue weighted by Crippen LogP contribution is -2.46. The number of benzene rings is 1. The van der Waals surface area contributed by atoms with Gasteiger partial charge in [-0.2, -0.15) is 0 Å². The average Bonchev–Trinajstić information content (AvgIpc) is 2.63. The zero-order valence-electron chi connectivity index (χ0n) is 10.8. The molecule has 2 atom stereocenters. The van der Waals surface area contributed by atoms with Gasteiger partial charge in [-0.15, -0.1) is 0 Å². The van der Waals surface area contributed by atoms with Gasteiger partial charge in [-0.1, -0.05) is 6.92 Å². The van der Waals surface area contributed by atoms with E-state index in [-0.39, 0.29) is 16.4 Å². The highest BCUT2D eigenvalue weighted by Crippen LogP contribution is 2.44. The lowest BCUT2D eigenvalue weighted by molar-refractivity contribution is -0.166. The summed E-state index contributed by atoms with van der Waals surface area (Å²) >= 11 is 0. The number of aliphatic carboxylic acids is 1. The largest absolute Gasteiger partial charge is 0.481 e. The topological polar surface area (TPSA) is 89.9 Å². The van der Waals surface area contributed by atoms with Crippen molar-refractivity contribution in [1.29, 1.82) is 0 Å². The lowest BCUT2D eigenvalue weighted by Gasteiger charge is -2.28. The molecule has 0 spiro atoms. The molecule has 6 nitrogen and oxygen atoms in total. The lowest BCUT2D eigenvalue weighted by atomic mass is 9.97. The van der Waals surface area contributed by atoms with E-state index in [2.05, 4.69) is 0 Å². The molecule has 1 aliphatic rings. The number of ether oxygens (including phenoxy) is 2. The molecule has 0 fully saturated rings. The minimum atomic E-state index is -3.88. The van der Waals surface area contributed by atoms with Crippen LogP contribution >= 0.6 is 10.7 Å². The molecule has 0 saturated heterocycles.